The van der Waals surface area contributed by atoms with Crippen LogP contribution >= 0.6 is 0 Å². The first-order chi connectivity index (χ1) is 10.0. The highest BCUT2D eigenvalue weighted by Crippen LogP contribution is 1.99. The average molecular weight is 300 g/mol. The number of hydrogen-bond acceptors (Lipinski definition) is 5. The van der Waals surface area contributed by atoms with E-state index < -0.39 is 0 Å². The van der Waals surface area contributed by atoms with Crippen LogP contribution in [0.2, 0.25) is 0 Å². The summed E-state index contributed by atoms with van der Waals surface area (Å²) in [6.07, 6.45) is 1.04. The third kappa shape index (κ3) is 6.88. The minimum Gasteiger partial charge on any atom is -0.383 e. The molecular formula is C14H28N4O3. The van der Waals surface area contributed by atoms with E-state index in [0.717, 1.165) is 32.6 Å². The molecule has 0 saturated carbocycles. The molecule has 21 heavy (non-hydrogen) atoms. The Balaban J connectivity index is 2.54. The standard InChI is InChI=1S/C14H28N4O3/c1-16(2)13(19)12-18(9-10-21-3)14(20)11-17-7-4-5-15-6-8-17/h15H,4-12H2,1-3H3. The molecule has 0 aromatic carbocycles. The molecule has 1 rings (SSSR count). The minimum atomic E-state index is -0.0722. The van der Waals surface area contributed by atoms with Gasteiger partial charge in [0.2, 0.25) is 11.8 Å². The van der Waals surface area contributed by atoms with Gasteiger partial charge >= 0.3 is 0 Å². The fourth-order valence-corrected chi connectivity index (χ4v) is 2.15. The van der Waals surface area contributed by atoms with Gasteiger partial charge in [-0.1, -0.05) is 0 Å². The summed E-state index contributed by atoms with van der Waals surface area (Å²) < 4.78 is 5.03. The molecule has 1 saturated heterocycles. The molecule has 1 fully saturated rings. The van der Waals surface area contributed by atoms with Crippen molar-refractivity contribution in [1.29, 1.82) is 0 Å². The zero-order valence-corrected chi connectivity index (χ0v) is 13.4. The van der Waals surface area contributed by atoms with Crippen LogP contribution in [-0.2, 0) is 14.3 Å². The maximum atomic E-state index is 12.4. The number of methoxy groups -OCH3 is 1. The molecule has 0 spiro atoms. The van der Waals surface area contributed by atoms with Gasteiger partial charge in [0, 0.05) is 40.8 Å². The van der Waals surface area contributed by atoms with Gasteiger partial charge in [0.15, 0.2) is 0 Å². The molecule has 122 valence electrons. The first-order valence-electron chi connectivity index (χ1n) is 7.44. The molecule has 0 radical (unpaired) electrons. The lowest BCUT2D eigenvalue weighted by Crippen LogP contribution is -2.46. The number of nitrogens with zero attached hydrogens (tertiary/aromatic N) is 3. The highest BCUT2D eigenvalue weighted by atomic mass is 16.5. The monoisotopic (exact) mass is 300 g/mol. The molecular weight excluding hydrogens is 272 g/mol. The van der Waals surface area contributed by atoms with Crippen LogP contribution in [0.25, 0.3) is 0 Å². The molecule has 0 aromatic rings. The SMILES string of the molecule is COCCN(CC(=O)N(C)C)C(=O)CN1CCCNCC1. The first kappa shape index (κ1) is 17.9. The lowest BCUT2D eigenvalue weighted by molar-refractivity contribution is -0.140. The fraction of sp³-hybridized carbons (Fsp3) is 0.857. The fourth-order valence-electron chi connectivity index (χ4n) is 2.15. The molecule has 0 bridgehead atoms. The number of hydrogen-bond donors (Lipinski definition) is 1. The predicted octanol–water partition coefficient (Wildman–Crippen LogP) is -1.16. The van der Waals surface area contributed by atoms with E-state index in [1.54, 1.807) is 26.1 Å². The Morgan fingerprint density at radius 1 is 1.19 bits per heavy atom. The lowest BCUT2D eigenvalue weighted by atomic mass is 10.3. The first-order valence-corrected chi connectivity index (χ1v) is 7.44. The molecule has 1 aliphatic rings. The normalized spacial score (nSPS) is 16.3. The lowest BCUT2D eigenvalue weighted by Gasteiger charge is -2.27. The van der Waals surface area contributed by atoms with Gasteiger partial charge in [-0.3, -0.25) is 14.5 Å². The van der Waals surface area contributed by atoms with Crippen LogP contribution in [-0.4, -0.2) is 100 Å². The van der Waals surface area contributed by atoms with E-state index in [0.29, 0.717) is 19.7 Å². The number of nitrogens with one attached hydrogen (secondary N) is 1. The molecule has 7 heteroatoms. The zero-order chi connectivity index (χ0) is 15.7. The predicted molar refractivity (Wildman–Crippen MR) is 81.1 cm³/mol. The number of likely N-dealkylation sites (N-methyl/N-ethyl adjacent to an activating group) is 1. The Hall–Kier alpha value is -1.18. The number of carbonyl (C=O) groups is 2. The molecule has 1 N–H and O–H groups in total. The van der Waals surface area contributed by atoms with Gasteiger partial charge in [0.05, 0.1) is 19.7 Å². The minimum absolute atomic E-state index is 0.0100. The maximum Gasteiger partial charge on any atom is 0.241 e. The topological polar surface area (TPSA) is 65.1 Å². The molecule has 1 heterocycles. The number of carbonyl (C=O) groups excluding carboxylic acids is 2. The van der Waals surface area contributed by atoms with Crippen molar-refractivity contribution in [3.05, 3.63) is 0 Å². The van der Waals surface area contributed by atoms with Crippen molar-refractivity contribution in [1.82, 2.24) is 20.0 Å². The van der Waals surface area contributed by atoms with Gasteiger partial charge in [-0.15, -0.1) is 0 Å². The van der Waals surface area contributed by atoms with Crippen molar-refractivity contribution in [2.75, 3.05) is 73.6 Å². The van der Waals surface area contributed by atoms with Crippen molar-refractivity contribution in [3.63, 3.8) is 0 Å². The third-order valence-electron chi connectivity index (χ3n) is 3.53. The highest BCUT2D eigenvalue weighted by Gasteiger charge is 2.21. The summed E-state index contributed by atoms with van der Waals surface area (Å²) in [6, 6.07) is 0. The smallest absolute Gasteiger partial charge is 0.241 e. The maximum absolute atomic E-state index is 12.4. The second-order valence-electron chi connectivity index (χ2n) is 5.48. The summed E-state index contributed by atoms with van der Waals surface area (Å²) in [4.78, 5) is 29.5. The van der Waals surface area contributed by atoms with Crippen molar-refractivity contribution in [3.8, 4) is 0 Å². The molecule has 1 aliphatic heterocycles. The second kappa shape index (κ2) is 9.70. The van der Waals surface area contributed by atoms with Gasteiger partial charge < -0.3 is 19.9 Å². The van der Waals surface area contributed by atoms with Crippen LogP contribution in [0.4, 0.5) is 0 Å². The average Bonchev–Trinajstić information content (AvgIpc) is 2.71. The van der Waals surface area contributed by atoms with E-state index in [2.05, 4.69) is 10.2 Å². The molecule has 0 unspecified atom stereocenters. The Morgan fingerprint density at radius 3 is 2.62 bits per heavy atom. The van der Waals surface area contributed by atoms with Crippen molar-refractivity contribution in [2.45, 2.75) is 6.42 Å². The van der Waals surface area contributed by atoms with Crippen LogP contribution in [0.5, 0.6) is 0 Å². The van der Waals surface area contributed by atoms with E-state index in [-0.39, 0.29) is 18.4 Å². The van der Waals surface area contributed by atoms with Gasteiger partial charge in [-0.2, -0.15) is 0 Å². The molecule has 0 atom stereocenters. The summed E-state index contributed by atoms with van der Waals surface area (Å²) in [5, 5.41) is 3.31. The Kier molecular flexibility index (Phi) is 8.26. The molecule has 7 nitrogen and oxygen atoms in total. The van der Waals surface area contributed by atoms with Crippen molar-refractivity contribution >= 4 is 11.8 Å². The summed E-state index contributed by atoms with van der Waals surface area (Å²) in [5.74, 6) is -0.0823. The van der Waals surface area contributed by atoms with E-state index in [1.165, 1.54) is 4.90 Å². The molecule has 0 aliphatic carbocycles. The summed E-state index contributed by atoms with van der Waals surface area (Å²) in [7, 11) is 4.99. The van der Waals surface area contributed by atoms with Crippen molar-refractivity contribution < 1.29 is 14.3 Å². The van der Waals surface area contributed by atoms with Gasteiger partial charge in [0.1, 0.15) is 0 Å². The van der Waals surface area contributed by atoms with Gasteiger partial charge in [0.25, 0.3) is 0 Å². The second-order valence-corrected chi connectivity index (χ2v) is 5.48. The summed E-state index contributed by atoms with van der Waals surface area (Å²) >= 11 is 0. The van der Waals surface area contributed by atoms with Gasteiger partial charge in [-0.25, -0.2) is 0 Å². The largest absolute Gasteiger partial charge is 0.383 e. The molecule has 2 amide bonds. The van der Waals surface area contributed by atoms with E-state index in [1.807, 2.05) is 0 Å². The Labute approximate surface area is 127 Å². The zero-order valence-electron chi connectivity index (χ0n) is 13.4. The summed E-state index contributed by atoms with van der Waals surface area (Å²) in [5.41, 5.74) is 0. The van der Waals surface area contributed by atoms with E-state index >= 15 is 0 Å². The van der Waals surface area contributed by atoms with Crippen LogP contribution in [0.15, 0.2) is 0 Å². The summed E-state index contributed by atoms with van der Waals surface area (Å²) in [6.45, 7) is 5.05. The van der Waals surface area contributed by atoms with Crippen LogP contribution in [0, 0.1) is 0 Å². The van der Waals surface area contributed by atoms with E-state index in [4.69, 9.17) is 4.74 Å². The van der Waals surface area contributed by atoms with Crippen LogP contribution < -0.4 is 5.32 Å². The van der Waals surface area contributed by atoms with Crippen LogP contribution in [0.1, 0.15) is 6.42 Å². The van der Waals surface area contributed by atoms with Crippen molar-refractivity contribution in [2.24, 2.45) is 0 Å². The van der Waals surface area contributed by atoms with Crippen LogP contribution in [0.3, 0.4) is 0 Å². The van der Waals surface area contributed by atoms with E-state index in [9.17, 15) is 9.59 Å². The quantitative estimate of drug-likeness (QED) is 0.643. The number of ether oxygens (including phenoxy) is 1. The third-order valence-corrected chi connectivity index (χ3v) is 3.53. The Morgan fingerprint density at radius 2 is 1.95 bits per heavy atom. The van der Waals surface area contributed by atoms with Gasteiger partial charge in [-0.05, 0) is 19.5 Å². The highest BCUT2D eigenvalue weighted by molar-refractivity contribution is 5.85. The number of amides is 2. The molecule has 0 aromatic heterocycles. The number of rotatable bonds is 7. The Bertz CT molecular complexity index is 328.